The number of carbonyl (C=O) groups excluding carboxylic acids is 1. The van der Waals surface area contributed by atoms with Crippen molar-refractivity contribution < 1.29 is 4.79 Å². The first-order chi connectivity index (χ1) is 7.95. The standard InChI is InChI=1S/C11H11Cl2N3O/c1-6(4-14)5-16-11(17)8-2-7(12)3-9(13)10(8)15/h2-3,6H,5,15H2,1H3,(H,16,17). The van der Waals surface area contributed by atoms with Crippen molar-refractivity contribution in [3.63, 3.8) is 0 Å². The van der Waals surface area contributed by atoms with Gasteiger partial charge in [0, 0.05) is 11.6 Å². The van der Waals surface area contributed by atoms with Crippen LogP contribution in [0.25, 0.3) is 0 Å². The number of nitrogens with zero attached hydrogens (tertiary/aromatic N) is 1. The molecule has 4 nitrogen and oxygen atoms in total. The molecule has 1 aromatic rings. The van der Waals surface area contributed by atoms with Crippen LogP contribution in [0.15, 0.2) is 12.1 Å². The van der Waals surface area contributed by atoms with Crippen LogP contribution in [0, 0.1) is 17.2 Å². The van der Waals surface area contributed by atoms with Crippen LogP contribution >= 0.6 is 23.2 Å². The van der Waals surface area contributed by atoms with E-state index in [2.05, 4.69) is 5.32 Å². The smallest absolute Gasteiger partial charge is 0.253 e. The number of amides is 1. The Bertz CT molecular complexity index is 482. The number of anilines is 1. The number of nitrogen functional groups attached to an aromatic ring is 1. The lowest BCUT2D eigenvalue weighted by molar-refractivity contribution is 0.0951. The van der Waals surface area contributed by atoms with E-state index in [1.807, 2.05) is 6.07 Å². The molecule has 1 unspecified atom stereocenters. The summed E-state index contributed by atoms with van der Waals surface area (Å²) in [5.41, 5.74) is 6.07. The minimum absolute atomic E-state index is 0.179. The Hall–Kier alpha value is -1.44. The maximum absolute atomic E-state index is 11.8. The van der Waals surface area contributed by atoms with E-state index in [9.17, 15) is 4.79 Å². The van der Waals surface area contributed by atoms with Crippen molar-refractivity contribution in [3.05, 3.63) is 27.7 Å². The van der Waals surface area contributed by atoms with E-state index < -0.39 is 5.91 Å². The molecule has 0 heterocycles. The summed E-state index contributed by atoms with van der Waals surface area (Å²) in [5, 5.41) is 11.7. The Labute approximate surface area is 109 Å². The highest BCUT2D eigenvalue weighted by Gasteiger charge is 2.14. The predicted molar refractivity (Wildman–Crippen MR) is 68.0 cm³/mol. The lowest BCUT2D eigenvalue weighted by Crippen LogP contribution is -2.28. The summed E-state index contributed by atoms with van der Waals surface area (Å²) in [7, 11) is 0. The van der Waals surface area contributed by atoms with Gasteiger partial charge in [0.15, 0.2) is 0 Å². The van der Waals surface area contributed by atoms with Crippen LogP contribution in [0.1, 0.15) is 17.3 Å². The minimum atomic E-state index is -0.394. The van der Waals surface area contributed by atoms with E-state index in [4.69, 9.17) is 34.2 Å². The maximum atomic E-state index is 11.8. The zero-order valence-corrected chi connectivity index (χ0v) is 10.6. The predicted octanol–water partition coefficient (Wildman–Crippen LogP) is 2.47. The number of halogens is 2. The summed E-state index contributed by atoms with van der Waals surface area (Å²) in [6.45, 7) is 1.95. The second-order valence-corrected chi connectivity index (χ2v) is 4.43. The fourth-order valence-electron chi connectivity index (χ4n) is 1.16. The average Bonchev–Trinajstić information content (AvgIpc) is 2.30. The average molecular weight is 272 g/mol. The zero-order chi connectivity index (χ0) is 13.0. The van der Waals surface area contributed by atoms with Gasteiger partial charge < -0.3 is 11.1 Å². The van der Waals surface area contributed by atoms with Crippen molar-refractivity contribution in [2.75, 3.05) is 12.3 Å². The first kappa shape index (κ1) is 13.6. The Morgan fingerprint density at radius 3 is 2.82 bits per heavy atom. The van der Waals surface area contributed by atoms with Crippen LogP contribution in [0.3, 0.4) is 0 Å². The number of nitrogens with one attached hydrogen (secondary N) is 1. The van der Waals surface area contributed by atoms with Crippen molar-refractivity contribution in [1.82, 2.24) is 5.32 Å². The molecule has 0 saturated carbocycles. The van der Waals surface area contributed by atoms with Gasteiger partial charge in [0.2, 0.25) is 0 Å². The normalized spacial score (nSPS) is 11.6. The van der Waals surface area contributed by atoms with Gasteiger partial charge in [-0.25, -0.2) is 0 Å². The molecule has 3 N–H and O–H groups in total. The SMILES string of the molecule is CC(C#N)CNC(=O)c1cc(Cl)cc(Cl)c1N. The molecular weight excluding hydrogens is 261 g/mol. The van der Waals surface area contributed by atoms with Crippen molar-refractivity contribution >= 4 is 34.8 Å². The molecule has 0 fully saturated rings. The third-order valence-corrected chi connectivity index (χ3v) is 2.66. The molecule has 1 rings (SSSR count). The largest absolute Gasteiger partial charge is 0.397 e. The molecule has 0 aliphatic heterocycles. The Balaban J connectivity index is 2.86. The Kier molecular flexibility index (Phi) is 4.62. The van der Waals surface area contributed by atoms with Gasteiger partial charge in [0.1, 0.15) is 0 Å². The van der Waals surface area contributed by atoms with E-state index in [1.165, 1.54) is 12.1 Å². The molecule has 90 valence electrons. The number of hydrogen-bond acceptors (Lipinski definition) is 3. The van der Waals surface area contributed by atoms with Crippen LogP contribution in [-0.4, -0.2) is 12.5 Å². The molecular formula is C11H11Cl2N3O. The summed E-state index contributed by atoms with van der Waals surface area (Å²) in [6.07, 6.45) is 0. The van der Waals surface area contributed by atoms with Gasteiger partial charge >= 0.3 is 0 Å². The second-order valence-electron chi connectivity index (χ2n) is 3.59. The quantitative estimate of drug-likeness (QED) is 0.829. The number of rotatable bonds is 3. The Morgan fingerprint density at radius 2 is 2.24 bits per heavy atom. The topological polar surface area (TPSA) is 78.9 Å². The van der Waals surface area contributed by atoms with Crippen molar-refractivity contribution in [2.24, 2.45) is 5.92 Å². The molecule has 17 heavy (non-hydrogen) atoms. The number of hydrogen-bond donors (Lipinski definition) is 2. The van der Waals surface area contributed by atoms with Crippen LogP contribution in [-0.2, 0) is 0 Å². The van der Waals surface area contributed by atoms with Gasteiger partial charge in [0.25, 0.3) is 5.91 Å². The summed E-state index contributed by atoms with van der Waals surface area (Å²) < 4.78 is 0. The van der Waals surface area contributed by atoms with Gasteiger partial charge in [-0.05, 0) is 19.1 Å². The third-order valence-electron chi connectivity index (χ3n) is 2.13. The van der Waals surface area contributed by atoms with Crippen LogP contribution < -0.4 is 11.1 Å². The zero-order valence-electron chi connectivity index (χ0n) is 9.13. The molecule has 0 aliphatic rings. The molecule has 0 aromatic heterocycles. The molecule has 0 spiro atoms. The number of benzene rings is 1. The first-order valence-corrected chi connectivity index (χ1v) is 5.63. The van der Waals surface area contributed by atoms with E-state index in [-0.39, 0.29) is 28.7 Å². The Morgan fingerprint density at radius 1 is 1.59 bits per heavy atom. The highest BCUT2D eigenvalue weighted by Crippen LogP contribution is 2.27. The highest BCUT2D eigenvalue weighted by atomic mass is 35.5. The van der Waals surface area contributed by atoms with Gasteiger partial charge in [-0.15, -0.1) is 0 Å². The third kappa shape index (κ3) is 3.52. The fourth-order valence-corrected chi connectivity index (χ4v) is 1.65. The molecule has 0 radical (unpaired) electrons. The first-order valence-electron chi connectivity index (χ1n) is 4.88. The number of carbonyl (C=O) groups is 1. The van der Waals surface area contributed by atoms with Gasteiger partial charge in [-0.1, -0.05) is 23.2 Å². The maximum Gasteiger partial charge on any atom is 0.253 e. The van der Waals surface area contributed by atoms with E-state index in [0.717, 1.165) is 0 Å². The summed E-state index contributed by atoms with van der Waals surface area (Å²) in [4.78, 5) is 11.8. The summed E-state index contributed by atoms with van der Waals surface area (Å²) in [5.74, 6) is -0.663. The van der Waals surface area contributed by atoms with Crippen LogP contribution in [0.2, 0.25) is 10.0 Å². The van der Waals surface area contributed by atoms with E-state index >= 15 is 0 Å². The monoisotopic (exact) mass is 271 g/mol. The lowest BCUT2D eigenvalue weighted by atomic mass is 10.1. The molecule has 0 bridgehead atoms. The molecule has 0 aliphatic carbocycles. The van der Waals surface area contributed by atoms with Gasteiger partial charge in [-0.3, -0.25) is 4.79 Å². The molecule has 6 heteroatoms. The molecule has 1 aromatic carbocycles. The lowest BCUT2D eigenvalue weighted by Gasteiger charge is -2.09. The van der Waals surface area contributed by atoms with E-state index in [0.29, 0.717) is 5.02 Å². The van der Waals surface area contributed by atoms with Crippen molar-refractivity contribution in [3.8, 4) is 6.07 Å². The fraction of sp³-hybridized carbons (Fsp3) is 0.273. The summed E-state index contributed by atoms with van der Waals surface area (Å²) >= 11 is 11.6. The van der Waals surface area contributed by atoms with Gasteiger partial charge in [-0.2, -0.15) is 5.26 Å². The van der Waals surface area contributed by atoms with Crippen molar-refractivity contribution in [2.45, 2.75) is 6.92 Å². The van der Waals surface area contributed by atoms with Gasteiger partial charge in [0.05, 0.1) is 28.3 Å². The minimum Gasteiger partial charge on any atom is -0.397 e. The molecule has 0 saturated heterocycles. The molecule has 1 atom stereocenters. The van der Waals surface area contributed by atoms with E-state index in [1.54, 1.807) is 6.92 Å². The van der Waals surface area contributed by atoms with Crippen LogP contribution in [0.5, 0.6) is 0 Å². The van der Waals surface area contributed by atoms with Crippen LogP contribution in [0.4, 0.5) is 5.69 Å². The number of nitrogens with two attached hydrogens (primary N) is 1. The highest BCUT2D eigenvalue weighted by molar-refractivity contribution is 6.37. The molecule has 1 amide bonds. The second kappa shape index (κ2) is 5.76. The number of nitriles is 1. The van der Waals surface area contributed by atoms with Crippen molar-refractivity contribution in [1.29, 1.82) is 5.26 Å². The summed E-state index contributed by atoms with van der Waals surface area (Å²) in [6, 6.07) is 4.92.